The van der Waals surface area contributed by atoms with Gasteiger partial charge < -0.3 is 12.4 Å². The van der Waals surface area contributed by atoms with Gasteiger partial charge in [-0.1, -0.05) is 6.08 Å². The van der Waals surface area contributed by atoms with Gasteiger partial charge in [-0.3, -0.25) is 0 Å². The largest absolute Gasteiger partial charge is 1.00 e. The van der Waals surface area contributed by atoms with Gasteiger partial charge in [0.15, 0.2) is 12.7 Å². The zero-order chi connectivity index (χ0) is 8.10. The van der Waals surface area contributed by atoms with Crippen molar-refractivity contribution in [1.29, 1.82) is 0 Å². The SMILES string of the molecule is C/C=C/C[n+]1ccccc1F.[Cl-]. The second-order valence-electron chi connectivity index (χ2n) is 2.24. The number of nitrogens with zero attached hydrogens (tertiary/aromatic N) is 1. The molecule has 1 aromatic heterocycles. The maximum atomic E-state index is 12.8. The van der Waals surface area contributed by atoms with Crippen LogP contribution in [0.25, 0.3) is 0 Å². The molecular weight excluding hydrogens is 177 g/mol. The third-order valence-corrected chi connectivity index (χ3v) is 1.42. The molecular formula is C9H11ClFN. The van der Waals surface area contributed by atoms with E-state index in [0.29, 0.717) is 6.54 Å². The summed E-state index contributed by atoms with van der Waals surface area (Å²) in [5.41, 5.74) is 0. The van der Waals surface area contributed by atoms with E-state index in [9.17, 15) is 4.39 Å². The second kappa shape index (κ2) is 5.72. The van der Waals surface area contributed by atoms with E-state index in [-0.39, 0.29) is 18.4 Å². The fourth-order valence-corrected chi connectivity index (χ4v) is 0.823. The number of hydrogen-bond acceptors (Lipinski definition) is 0. The van der Waals surface area contributed by atoms with Gasteiger partial charge in [-0.2, -0.15) is 4.57 Å². The topological polar surface area (TPSA) is 3.88 Å². The fourth-order valence-electron chi connectivity index (χ4n) is 0.823. The Bertz CT molecular complexity index is 260. The van der Waals surface area contributed by atoms with Gasteiger partial charge in [-0.05, 0) is 19.1 Å². The minimum atomic E-state index is -0.203. The molecule has 1 heterocycles. The first-order valence-electron chi connectivity index (χ1n) is 3.59. The lowest BCUT2D eigenvalue weighted by molar-refractivity contribution is -0.714. The Balaban J connectivity index is 0.00000121. The Morgan fingerprint density at radius 3 is 2.83 bits per heavy atom. The number of rotatable bonds is 2. The van der Waals surface area contributed by atoms with Crippen molar-refractivity contribution in [3.05, 3.63) is 42.5 Å². The Labute approximate surface area is 77.9 Å². The van der Waals surface area contributed by atoms with Crippen LogP contribution in [0.3, 0.4) is 0 Å². The number of allylic oxidation sites excluding steroid dienone is 2. The van der Waals surface area contributed by atoms with Crippen LogP contribution in [0.2, 0.25) is 0 Å². The highest BCUT2D eigenvalue weighted by Crippen LogP contribution is 1.87. The first-order valence-corrected chi connectivity index (χ1v) is 3.59. The highest BCUT2D eigenvalue weighted by molar-refractivity contribution is 4.86. The van der Waals surface area contributed by atoms with E-state index in [1.165, 1.54) is 6.07 Å². The summed E-state index contributed by atoms with van der Waals surface area (Å²) in [6.07, 6.45) is 5.53. The lowest BCUT2D eigenvalue weighted by Gasteiger charge is -1.90. The lowest BCUT2D eigenvalue weighted by Crippen LogP contribution is -3.00. The zero-order valence-electron chi connectivity index (χ0n) is 6.87. The van der Waals surface area contributed by atoms with Crippen molar-refractivity contribution < 1.29 is 21.4 Å². The molecule has 0 amide bonds. The van der Waals surface area contributed by atoms with Crippen LogP contribution in [-0.4, -0.2) is 0 Å². The van der Waals surface area contributed by atoms with Crippen LogP contribution in [0.5, 0.6) is 0 Å². The van der Waals surface area contributed by atoms with Crippen molar-refractivity contribution in [2.45, 2.75) is 13.5 Å². The van der Waals surface area contributed by atoms with Crippen molar-refractivity contribution in [3.63, 3.8) is 0 Å². The van der Waals surface area contributed by atoms with E-state index in [4.69, 9.17) is 0 Å². The van der Waals surface area contributed by atoms with E-state index in [1.807, 2.05) is 25.1 Å². The Kier molecular flexibility index (Phi) is 5.30. The highest BCUT2D eigenvalue weighted by atomic mass is 35.5. The maximum Gasteiger partial charge on any atom is 0.359 e. The molecule has 3 heteroatoms. The summed E-state index contributed by atoms with van der Waals surface area (Å²) in [7, 11) is 0. The molecule has 0 fully saturated rings. The number of aromatic nitrogens is 1. The second-order valence-corrected chi connectivity index (χ2v) is 2.24. The summed E-state index contributed by atoms with van der Waals surface area (Å²) in [6.45, 7) is 2.52. The molecule has 0 atom stereocenters. The molecule has 0 aliphatic carbocycles. The van der Waals surface area contributed by atoms with Crippen LogP contribution in [0.1, 0.15) is 6.92 Å². The monoisotopic (exact) mass is 187 g/mol. The molecule has 1 rings (SSSR count). The first kappa shape index (κ1) is 11.1. The van der Waals surface area contributed by atoms with Crippen LogP contribution in [0.15, 0.2) is 36.5 Å². The van der Waals surface area contributed by atoms with Gasteiger partial charge in [0.25, 0.3) is 0 Å². The van der Waals surface area contributed by atoms with Crippen molar-refractivity contribution in [2.75, 3.05) is 0 Å². The van der Waals surface area contributed by atoms with Crippen LogP contribution in [0, 0.1) is 5.95 Å². The van der Waals surface area contributed by atoms with E-state index in [2.05, 4.69) is 0 Å². The molecule has 0 radical (unpaired) electrons. The normalized spacial score (nSPS) is 9.83. The van der Waals surface area contributed by atoms with Gasteiger partial charge in [0, 0.05) is 12.1 Å². The fraction of sp³-hybridized carbons (Fsp3) is 0.222. The van der Waals surface area contributed by atoms with E-state index < -0.39 is 0 Å². The number of hydrogen-bond donors (Lipinski definition) is 0. The van der Waals surface area contributed by atoms with Crippen LogP contribution in [0.4, 0.5) is 4.39 Å². The Hall–Kier alpha value is -0.890. The molecule has 1 nitrogen and oxygen atoms in total. The van der Waals surface area contributed by atoms with Gasteiger partial charge in [0.2, 0.25) is 0 Å². The Morgan fingerprint density at radius 2 is 2.25 bits per heavy atom. The zero-order valence-corrected chi connectivity index (χ0v) is 7.63. The summed E-state index contributed by atoms with van der Waals surface area (Å²) in [5.74, 6) is -0.203. The van der Waals surface area contributed by atoms with Gasteiger partial charge in [-0.25, -0.2) is 0 Å². The van der Waals surface area contributed by atoms with Crippen molar-refractivity contribution in [3.8, 4) is 0 Å². The lowest BCUT2D eigenvalue weighted by atomic mass is 10.4. The molecule has 0 bridgehead atoms. The van der Waals surface area contributed by atoms with Gasteiger partial charge in [-0.15, -0.1) is 4.39 Å². The minimum Gasteiger partial charge on any atom is -1.00 e. The molecule has 0 saturated heterocycles. The van der Waals surface area contributed by atoms with Crippen molar-refractivity contribution in [2.24, 2.45) is 0 Å². The summed E-state index contributed by atoms with van der Waals surface area (Å²) in [6, 6.07) is 4.94. The van der Waals surface area contributed by atoms with Crippen molar-refractivity contribution in [1.82, 2.24) is 0 Å². The molecule has 0 aliphatic rings. The molecule has 0 aromatic carbocycles. The van der Waals surface area contributed by atoms with E-state index in [0.717, 1.165) is 0 Å². The van der Waals surface area contributed by atoms with Crippen LogP contribution >= 0.6 is 0 Å². The first-order chi connectivity index (χ1) is 5.34. The maximum absolute atomic E-state index is 12.8. The number of pyridine rings is 1. The summed E-state index contributed by atoms with van der Waals surface area (Å²) in [5, 5.41) is 0. The predicted octanol–water partition coefficient (Wildman–Crippen LogP) is -1.31. The molecule has 0 saturated carbocycles. The quantitative estimate of drug-likeness (QED) is 0.308. The summed E-state index contributed by atoms with van der Waals surface area (Å²) >= 11 is 0. The third-order valence-electron chi connectivity index (χ3n) is 1.42. The smallest absolute Gasteiger partial charge is 0.359 e. The summed E-state index contributed by atoms with van der Waals surface area (Å²) < 4.78 is 14.4. The number of halogens is 2. The molecule has 0 N–H and O–H groups in total. The van der Waals surface area contributed by atoms with Gasteiger partial charge in [0.05, 0.1) is 0 Å². The third kappa shape index (κ3) is 3.01. The molecule has 1 aromatic rings. The van der Waals surface area contributed by atoms with E-state index >= 15 is 0 Å². The molecule has 66 valence electrons. The van der Waals surface area contributed by atoms with Crippen molar-refractivity contribution >= 4 is 0 Å². The van der Waals surface area contributed by atoms with Gasteiger partial charge >= 0.3 is 5.95 Å². The molecule has 0 unspecified atom stereocenters. The average Bonchev–Trinajstić information content (AvgIpc) is 2.03. The van der Waals surface area contributed by atoms with Crippen LogP contribution < -0.4 is 17.0 Å². The Morgan fingerprint density at radius 1 is 1.50 bits per heavy atom. The highest BCUT2D eigenvalue weighted by Gasteiger charge is 2.03. The average molecular weight is 188 g/mol. The summed E-state index contributed by atoms with van der Waals surface area (Å²) in [4.78, 5) is 0. The molecule has 0 spiro atoms. The predicted molar refractivity (Wildman–Crippen MR) is 41.4 cm³/mol. The molecule has 12 heavy (non-hydrogen) atoms. The molecule has 0 aliphatic heterocycles. The standard InChI is InChI=1S/C9H11FN.ClH/c1-2-3-7-11-8-5-4-6-9(11)10;/h2-6,8H,7H2,1H3;1H/q+1;/p-1/b3-2+;. The minimum absolute atomic E-state index is 0. The van der Waals surface area contributed by atoms with E-state index in [1.54, 1.807) is 16.8 Å². The van der Waals surface area contributed by atoms with Crippen LogP contribution in [-0.2, 0) is 6.54 Å². The van der Waals surface area contributed by atoms with Gasteiger partial charge in [0.1, 0.15) is 0 Å².